The zero-order valence-corrected chi connectivity index (χ0v) is 14.9. The van der Waals surface area contributed by atoms with E-state index in [9.17, 15) is 18.4 Å². The Balaban J connectivity index is 1.65. The summed E-state index contributed by atoms with van der Waals surface area (Å²) in [5.41, 5.74) is 2.07. The van der Waals surface area contributed by atoms with Crippen LogP contribution in [0, 0.1) is 18.6 Å². The number of hydrogen-bond donors (Lipinski definition) is 2. The molecule has 2 N–H and O–H groups in total. The highest BCUT2D eigenvalue weighted by atomic mass is 19.1. The van der Waals surface area contributed by atoms with E-state index in [1.54, 1.807) is 25.1 Å². The van der Waals surface area contributed by atoms with Crippen LogP contribution < -0.4 is 10.6 Å². The number of halogens is 2. The standard InChI is InChI=1S/C20H16F2N4O2/c1-11-8-18(26(25-11)14-5-2-12(21)3-6-14)24-20(28)16-10-19(27)23-17-9-13(22)4-7-15(16)17/h2-9,16H,10H2,1H3,(H,23,27)(H,24,28). The molecular formula is C20H16F2N4O2. The number of amides is 2. The van der Waals surface area contributed by atoms with E-state index >= 15 is 0 Å². The maximum atomic E-state index is 13.5. The first-order chi connectivity index (χ1) is 13.4. The van der Waals surface area contributed by atoms with Gasteiger partial charge in [0.15, 0.2) is 0 Å². The number of nitrogens with one attached hydrogen (secondary N) is 2. The second-order valence-electron chi connectivity index (χ2n) is 6.58. The van der Waals surface area contributed by atoms with Gasteiger partial charge in [-0.1, -0.05) is 6.07 Å². The van der Waals surface area contributed by atoms with Gasteiger partial charge in [0.2, 0.25) is 11.8 Å². The number of anilines is 2. The predicted molar refractivity (Wildman–Crippen MR) is 99.3 cm³/mol. The van der Waals surface area contributed by atoms with Crippen molar-refractivity contribution < 1.29 is 18.4 Å². The normalized spacial score (nSPS) is 15.7. The Morgan fingerprint density at radius 1 is 1.14 bits per heavy atom. The predicted octanol–water partition coefficient (Wildman–Crippen LogP) is 3.52. The molecule has 1 aliphatic heterocycles. The molecule has 3 aromatic rings. The monoisotopic (exact) mass is 382 g/mol. The fourth-order valence-corrected chi connectivity index (χ4v) is 3.25. The summed E-state index contributed by atoms with van der Waals surface area (Å²) < 4.78 is 28.2. The molecule has 2 amide bonds. The van der Waals surface area contributed by atoms with Gasteiger partial charge in [-0.15, -0.1) is 0 Å². The summed E-state index contributed by atoms with van der Waals surface area (Å²) in [6.07, 6.45) is -0.0475. The van der Waals surface area contributed by atoms with Gasteiger partial charge in [-0.3, -0.25) is 9.59 Å². The number of carbonyl (C=O) groups excluding carboxylic acids is 2. The van der Waals surface area contributed by atoms with Gasteiger partial charge < -0.3 is 10.6 Å². The van der Waals surface area contributed by atoms with Crippen LogP contribution in [0.25, 0.3) is 5.69 Å². The summed E-state index contributed by atoms with van der Waals surface area (Å²) in [4.78, 5) is 24.9. The third-order valence-electron chi connectivity index (χ3n) is 4.52. The highest BCUT2D eigenvalue weighted by Gasteiger charge is 2.31. The van der Waals surface area contributed by atoms with Gasteiger partial charge >= 0.3 is 0 Å². The van der Waals surface area contributed by atoms with E-state index in [0.717, 1.165) is 0 Å². The molecule has 0 bridgehead atoms. The lowest BCUT2D eigenvalue weighted by Crippen LogP contribution is -2.31. The molecule has 142 valence electrons. The number of aryl methyl sites for hydroxylation is 1. The van der Waals surface area contributed by atoms with Crippen LogP contribution in [0.5, 0.6) is 0 Å². The molecule has 0 saturated heterocycles. The van der Waals surface area contributed by atoms with Crippen LogP contribution in [0.3, 0.4) is 0 Å². The molecule has 0 aliphatic carbocycles. The zero-order valence-electron chi connectivity index (χ0n) is 14.9. The average molecular weight is 382 g/mol. The Bertz CT molecular complexity index is 1080. The van der Waals surface area contributed by atoms with Gasteiger partial charge in [0, 0.05) is 18.2 Å². The number of hydrogen-bond acceptors (Lipinski definition) is 3. The zero-order chi connectivity index (χ0) is 19.8. The first-order valence-corrected chi connectivity index (χ1v) is 8.63. The SMILES string of the molecule is Cc1cc(NC(=O)C2CC(=O)Nc3cc(F)ccc32)n(-c2ccc(F)cc2)n1. The number of nitrogens with zero attached hydrogens (tertiary/aromatic N) is 2. The van der Waals surface area contributed by atoms with Crippen molar-refractivity contribution >= 4 is 23.3 Å². The van der Waals surface area contributed by atoms with Crippen LogP contribution in [0.2, 0.25) is 0 Å². The molecule has 1 aromatic heterocycles. The molecule has 1 aliphatic rings. The van der Waals surface area contributed by atoms with Gasteiger partial charge in [-0.25, -0.2) is 13.5 Å². The highest BCUT2D eigenvalue weighted by molar-refractivity contribution is 6.04. The van der Waals surface area contributed by atoms with Crippen molar-refractivity contribution in [3.63, 3.8) is 0 Å². The molecule has 0 saturated carbocycles. The van der Waals surface area contributed by atoms with Crippen molar-refractivity contribution in [2.45, 2.75) is 19.3 Å². The number of fused-ring (bicyclic) bond motifs is 1. The van der Waals surface area contributed by atoms with E-state index in [-0.39, 0.29) is 18.1 Å². The molecule has 0 spiro atoms. The highest BCUT2D eigenvalue weighted by Crippen LogP contribution is 2.33. The number of rotatable bonds is 3. The van der Waals surface area contributed by atoms with Gasteiger partial charge in [-0.2, -0.15) is 5.10 Å². The van der Waals surface area contributed by atoms with Crippen LogP contribution in [0.15, 0.2) is 48.5 Å². The summed E-state index contributed by atoms with van der Waals surface area (Å²) in [5.74, 6) is -2.02. The molecule has 0 fully saturated rings. The average Bonchev–Trinajstić information content (AvgIpc) is 3.01. The fourth-order valence-electron chi connectivity index (χ4n) is 3.25. The van der Waals surface area contributed by atoms with E-state index in [4.69, 9.17) is 0 Å². The smallest absolute Gasteiger partial charge is 0.233 e. The van der Waals surface area contributed by atoms with E-state index in [2.05, 4.69) is 15.7 Å². The molecule has 4 rings (SSSR count). The largest absolute Gasteiger partial charge is 0.326 e. The van der Waals surface area contributed by atoms with Gasteiger partial charge in [0.25, 0.3) is 0 Å². The maximum absolute atomic E-state index is 13.5. The minimum atomic E-state index is -0.763. The van der Waals surface area contributed by atoms with Gasteiger partial charge in [-0.05, 0) is 48.9 Å². The Labute approximate surface area is 159 Å². The van der Waals surface area contributed by atoms with Crippen molar-refractivity contribution in [2.75, 3.05) is 10.6 Å². The van der Waals surface area contributed by atoms with E-state index < -0.39 is 17.6 Å². The minimum Gasteiger partial charge on any atom is -0.326 e. The molecule has 8 heteroatoms. The van der Waals surface area contributed by atoms with Crippen molar-refractivity contribution in [3.05, 3.63) is 71.4 Å². The maximum Gasteiger partial charge on any atom is 0.233 e. The Morgan fingerprint density at radius 2 is 1.86 bits per heavy atom. The van der Waals surface area contributed by atoms with Crippen LogP contribution in [-0.4, -0.2) is 21.6 Å². The quantitative estimate of drug-likeness (QED) is 0.728. The summed E-state index contributed by atoms with van der Waals surface area (Å²) >= 11 is 0. The van der Waals surface area contributed by atoms with Crippen molar-refractivity contribution in [3.8, 4) is 5.69 Å². The second-order valence-corrected chi connectivity index (χ2v) is 6.58. The van der Waals surface area contributed by atoms with Crippen LogP contribution >= 0.6 is 0 Å². The van der Waals surface area contributed by atoms with Gasteiger partial charge in [0.05, 0.1) is 17.3 Å². The summed E-state index contributed by atoms with van der Waals surface area (Å²) in [6, 6.07) is 11.3. The van der Waals surface area contributed by atoms with Crippen molar-refractivity contribution in [1.29, 1.82) is 0 Å². The first-order valence-electron chi connectivity index (χ1n) is 8.63. The van der Waals surface area contributed by atoms with E-state index in [1.807, 2.05) is 0 Å². The van der Waals surface area contributed by atoms with Crippen LogP contribution in [0.4, 0.5) is 20.3 Å². The van der Waals surface area contributed by atoms with Crippen LogP contribution in [-0.2, 0) is 9.59 Å². The lowest BCUT2D eigenvalue weighted by Gasteiger charge is -2.25. The molecule has 1 atom stereocenters. The lowest BCUT2D eigenvalue weighted by molar-refractivity contribution is -0.123. The molecule has 6 nitrogen and oxygen atoms in total. The second kappa shape index (κ2) is 6.88. The molecule has 1 unspecified atom stereocenters. The molecule has 2 aromatic carbocycles. The third-order valence-corrected chi connectivity index (χ3v) is 4.52. The Hall–Kier alpha value is -3.55. The van der Waals surface area contributed by atoms with E-state index in [1.165, 1.54) is 35.0 Å². The number of carbonyl (C=O) groups is 2. The molecule has 28 heavy (non-hydrogen) atoms. The molecular weight excluding hydrogens is 366 g/mol. The Kier molecular flexibility index (Phi) is 4.38. The molecule has 2 heterocycles. The van der Waals surface area contributed by atoms with E-state index in [0.29, 0.717) is 28.5 Å². The molecule has 0 radical (unpaired) electrons. The van der Waals surface area contributed by atoms with Crippen molar-refractivity contribution in [2.24, 2.45) is 0 Å². The fraction of sp³-hybridized carbons (Fsp3) is 0.150. The van der Waals surface area contributed by atoms with Crippen molar-refractivity contribution in [1.82, 2.24) is 9.78 Å². The lowest BCUT2D eigenvalue weighted by atomic mass is 9.89. The summed E-state index contributed by atoms with van der Waals surface area (Å²) in [7, 11) is 0. The van der Waals surface area contributed by atoms with Crippen LogP contribution in [0.1, 0.15) is 23.6 Å². The Morgan fingerprint density at radius 3 is 2.61 bits per heavy atom. The number of benzene rings is 2. The topological polar surface area (TPSA) is 76.0 Å². The van der Waals surface area contributed by atoms with Gasteiger partial charge in [0.1, 0.15) is 17.5 Å². The first kappa shape index (κ1) is 17.8. The number of aromatic nitrogens is 2. The third kappa shape index (κ3) is 3.36. The minimum absolute atomic E-state index is 0.0475. The summed E-state index contributed by atoms with van der Waals surface area (Å²) in [5, 5.41) is 9.70. The summed E-state index contributed by atoms with van der Waals surface area (Å²) in [6.45, 7) is 1.77.